The summed E-state index contributed by atoms with van der Waals surface area (Å²) in [7, 11) is 0. The average molecular weight is 670 g/mol. The van der Waals surface area contributed by atoms with E-state index in [9.17, 15) is 9.59 Å². The Morgan fingerprint density at radius 1 is 1.15 bits per heavy atom. The Labute approximate surface area is 193 Å². The molecule has 0 amide bonds. The number of esters is 2. The van der Waals surface area contributed by atoms with Crippen molar-refractivity contribution >= 4 is 94.3 Å². The molecule has 1 aliphatic heterocycles. The third-order valence-corrected chi connectivity index (χ3v) is 6.87. The zero-order valence-electron chi connectivity index (χ0n) is 13.6. The lowest BCUT2D eigenvalue weighted by atomic mass is 10.2. The van der Waals surface area contributed by atoms with E-state index >= 15 is 0 Å². The summed E-state index contributed by atoms with van der Waals surface area (Å²) in [6.07, 6.45) is 1.60. The number of carbonyl (C=O) groups is 2. The average Bonchev–Trinajstić information content (AvgIpc) is 2.94. The van der Waals surface area contributed by atoms with Gasteiger partial charge in [-0.1, -0.05) is 0 Å². The molecule has 0 spiro atoms. The summed E-state index contributed by atoms with van der Waals surface area (Å²) in [6, 6.07) is 9.02. The molecular formula is C18H9Br3INO4. The molecule has 1 aliphatic rings. The Kier molecular flexibility index (Phi) is 6.54. The minimum absolute atomic E-state index is 0.179. The van der Waals surface area contributed by atoms with Crippen molar-refractivity contribution < 1.29 is 19.1 Å². The molecule has 0 atom stereocenters. The summed E-state index contributed by atoms with van der Waals surface area (Å²) in [5, 5.41) is 0. The minimum atomic E-state index is -0.532. The zero-order chi connectivity index (χ0) is 19.7. The van der Waals surface area contributed by atoms with Crippen LogP contribution in [-0.2, 0) is 14.3 Å². The lowest BCUT2D eigenvalue weighted by Crippen LogP contribution is -2.05. The van der Waals surface area contributed by atoms with Gasteiger partial charge in [0.15, 0.2) is 11.4 Å². The molecule has 0 saturated heterocycles. The molecule has 0 unspecified atom stereocenters. The molecular weight excluding hydrogens is 661 g/mol. The molecule has 0 N–H and O–H groups in total. The highest BCUT2D eigenvalue weighted by Gasteiger charge is 2.25. The number of ether oxygens (including phenoxy) is 2. The first-order chi connectivity index (χ1) is 12.7. The lowest BCUT2D eigenvalue weighted by molar-refractivity contribution is -0.132. The highest BCUT2D eigenvalue weighted by Crippen LogP contribution is 2.36. The molecule has 0 fully saturated rings. The summed E-state index contributed by atoms with van der Waals surface area (Å²) < 4.78 is 13.5. The van der Waals surface area contributed by atoms with Gasteiger partial charge in [-0.15, -0.1) is 0 Å². The SMILES string of the molecule is CC(=O)Oc1c(Br)cc(/C=C2\N=C(c3ccc(I)c(Br)c3)OC2=O)cc1Br. The van der Waals surface area contributed by atoms with Gasteiger partial charge in [-0.05, 0) is 112 Å². The van der Waals surface area contributed by atoms with E-state index in [0.29, 0.717) is 25.8 Å². The molecule has 138 valence electrons. The van der Waals surface area contributed by atoms with E-state index in [0.717, 1.165) is 8.04 Å². The van der Waals surface area contributed by atoms with E-state index in [-0.39, 0.29) is 11.6 Å². The van der Waals surface area contributed by atoms with Crippen LogP contribution in [0.3, 0.4) is 0 Å². The van der Waals surface area contributed by atoms with Crippen LogP contribution >= 0.6 is 70.4 Å². The third kappa shape index (κ3) is 4.87. The fourth-order valence-electron chi connectivity index (χ4n) is 2.22. The van der Waals surface area contributed by atoms with Gasteiger partial charge in [0.05, 0.1) is 8.95 Å². The van der Waals surface area contributed by atoms with E-state index in [1.165, 1.54) is 6.92 Å². The Morgan fingerprint density at radius 2 is 1.81 bits per heavy atom. The Bertz CT molecular complexity index is 1010. The van der Waals surface area contributed by atoms with E-state index in [4.69, 9.17) is 9.47 Å². The first-order valence-corrected chi connectivity index (χ1v) is 10.9. The van der Waals surface area contributed by atoms with Gasteiger partial charge in [-0.2, -0.15) is 0 Å². The molecule has 0 radical (unpaired) electrons. The molecule has 27 heavy (non-hydrogen) atoms. The summed E-state index contributed by atoms with van der Waals surface area (Å²) in [4.78, 5) is 27.7. The van der Waals surface area contributed by atoms with Crippen LogP contribution in [0.2, 0.25) is 0 Å². The molecule has 0 bridgehead atoms. The number of nitrogens with zero attached hydrogens (tertiary/aromatic N) is 1. The molecule has 2 aromatic carbocycles. The number of aliphatic imine (C=N–C) groups is 1. The number of carbonyl (C=O) groups excluding carboxylic acids is 2. The van der Waals surface area contributed by atoms with Crippen molar-refractivity contribution in [1.29, 1.82) is 0 Å². The molecule has 0 saturated carbocycles. The predicted molar refractivity (Wildman–Crippen MR) is 121 cm³/mol. The summed E-state index contributed by atoms with van der Waals surface area (Å²) in [6.45, 7) is 1.32. The molecule has 1 heterocycles. The fraction of sp³-hybridized carbons (Fsp3) is 0.0556. The van der Waals surface area contributed by atoms with Crippen LogP contribution in [0.25, 0.3) is 6.08 Å². The zero-order valence-corrected chi connectivity index (χ0v) is 20.5. The first kappa shape index (κ1) is 20.7. The topological polar surface area (TPSA) is 65.0 Å². The lowest BCUT2D eigenvalue weighted by Gasteiger charge is -2.08. The first-order valence-electron chi connectivity index (χ1n) is 7.40. The van der Waals surface area contributed by atoms with Gasteiger partial charge in [0.25, 0.3) is 0 Å². The van der Waals surface area contributed by atoms with Crippen molar-refractivity contribution in [3.8, 4) is 5.75 Å². The van der Waals surface area contributed by atoms with Crippen LogP contribution in [-0.4, -0.2) is 17.8 Å². The second kappa shape index (κ2) is 8.54. The Balaban J connectivity index is 1.95. The van der Waals surface area contributed by atoms with Crippen molar-refractivity contribution in [3.05, 3.63) is 64.1 Å². The van der Waals surface area contributed by atoms with E-state index in [1.807, 2.05) is 18.2 Å². The van der Waals surface area contributed by atoms with Crippen molar-refractivity contribution in [2.24, 2.45) is 4.99 Å². The Hall–Kier alpha value is -1.04. The molecule has 3 rings (SSSR count). The molecule has 0 aromatic heterocycles. The van der Waals surface area contributed by atoms with Crippen LogP contribution in [0, 0.1) is 3.57 Å². The van der Waals surface area contributed by atoms with Crippen molar-refractivity contribution in [1.82, 2.24) is 0 Å². The quantitative estimate of drug-likeness (QED) is 0.178. The van der Waals surface area contributed by atoms with Gasteiger partial charge in [-0.25, -0.2) is 9.79 Å². The third-order valence-electron chi connectivity index (χ3n) is 3.36. The van der Waals surface area contributed by atoms with Gasteiger partial charge in [0, 0.05) is 20.5 Å². The highest BCUT2D eigenvalue weighted by molar-refractivity contribution is 14.1. The van der Waals surface area contributed by atoms with Crippen molar-refractivity contribution in [2.75, 3.05) is 0 Å². The largest absolute Gasteiger partial charge is 0.424 e. The number of hydrogen-bond donors (Lipinski definition) is 0. The van der Waals surface area contributed by atoms with Gasteiger partial charge >= 0.3 is 11.9 Å². The van der Waals surface area contributed by atoms with Crippen molar-refractivity contribution in [3.63, 3.8) is 0 Å². The monoisotopic (exact) mass is 667 g/mol. The number of benzene rings is 2. The van der Waals surface area contributed by atoms with Crippen molar-refractivity contribution in [2.45, 2.75) is 6.92 Å². The van der Waals surface area contributed by atoms with Gasteiger partial charge in [0.2, 0.25) is 5.90 Å². The van der Waals surface area contributed by atoms with E-state index in [1.54, 1.807) is 18.2 Å². The van der Waals surface area contributed by atoms with Gasteiger partial charge in [0.1, 0.15) is 0 Å². The molecule has 0 aliphatic carbocycles. The number of cyclic esters (lactones) is 1. The van der Waals surface area contributed by atoms with E-state index in [2.05, 4.69) is 75.4 Å². The standard InChI is InChI=1S/C18H9Br3INO4/c1-8(24)26-16-12(20)4-9(5-13(16)21)6-15-18(25)27-17(23-15)10-2-3-14(22)11(19)7-10/h2-7H,1H3/b15-6-. The summed E-state index contributed by atoms with van der Waals surface area (Å²) in [5.74, 6) is -0.347. The second-order valence-corrected chi connectivity index (χ2v) is 9.10. The number of rotatable bonds is 3. The fourth-order valence-corrected chi connectivity index (χ4v) is 4.32. The second-order valence-electron chi connectivity index (χ2n) is 5.37. The number of hydrogen-bond acceptors (Lipinski definition) is 5. The maximum Gasteiger partial charge on any atom is 0.363 e. The normalized spacial score (nSPS) is 14.9. The maximum absolute atomic E-state index is 12.2. The van der Waals surface area contributed by atoms with Gasteiger partial charge < -0.3 is 9.47 Å². The van der Waals surface area contributed by atoms with Gasteiger partial charge in [-0.3, -0.25) is 4.79 Å². The van der Waals surface area contributed by atoms with Crippen LogP contribution in [0.1, 0.15) is 18.1 Å². The van der Waals surface area contributed by atoms with Crippen LogP contribution in [0.15, 0.2) is 54.4 Å². The maximum atomic E-state index is 12.2. The number of halogens is 4. The molecule has 9 heteroatoms. The summed E-state index contributed by atoms with van der Waals surface area (Å²) in [5.41, 5.74) is 1.57. The smallest absolute Gasteiger partial charge is 0.363 e. The predicted octanol–water partition coefficient (Wildman–Crippen LogP) is 5.85. The van der Waals surface area contributed by atoms with Crippen LogP contribution in [0.4, 0.5) is 0 Å². The van der Waals surface area contributed by atoms with Crippen LogP contribution in [0.5, 0.6) is 5.75 Å². The van der Waals surface area contributed by atoms with Crippen LogP contribution < -0.4 is 4.74 Å². The Morgan fingerprint density at radius 3 is 2.41 bits per heavy atom. The minimum Gasteiger partial charge on any atom is -0.424 e. The van der Waals surface area contributed by atoms with E-state index < -0.39 is 11.9 Å². The molecule has 2 aromatic rings. The highest BCUT2D eigenvalue weighted by atomic mass is 127. The summed E-state index contributed by atoms with van der Waals surface area (Å²) >= 11 is 12.4. The molecule has 5 nitrogen and oxygen atoms in total.